The number of halogens is 1. The molecule has 0 saturated carbocycles. The summed E-state index contributed by atoms with van der Waals surface area (Å²) in [4.78, 5) is 2.14. The number of hydrogen-bond acceptors (Lipinski definition) is 3. The molecule has 1 rings (SSSR count). The van der Waals surface area contributed by atoms with Gasteiger partial charge >= 0.3 is 0 Å². The van der Waals surface area contributed by atoms with E-state index in [2.05, 4.69) is 45.1 Å². The van der Waals surface area contributed by atoms with Crippen LogP contribution in [0.1, 0.15) is 12.0 Å². The number of nitrogens with zero attached hydrogens (tertiary/aromatic N) is 1. The minimum absolute atomic E-state index is 0.310. The van der Waals surface area contributed by atoms with Gasteiger partial charge in [0, 0.05) is 17.6 Å². The summed E-state index contributed by atoms with van der Waals surface area (Å²) in [6, 6.07) is 8.35. The summed E-state index contributed by atoms with van der Waals surface area (Å²) in [5, 5.41) is 9.63. The van der Waals surface area contributed by atoms with Crippen molar-refractivity contribution in [2.45, 2.75) is 18.9 Å². The average Bonchev–Trinajstić information content (AvgIpc) is 2.28. The number of aliphatic hydroxyl groups excluding tert-OH is 1. The molecule has 0 amide bonds. The van der Waals surface area contributed by atoms with Crippen LogP contribution in [-0.4, -0.2) is 42.8 Å². The lowest BCUT2D eigenvalue weighted by Crippen LogP contribution is -2.32. The van der Waals surface area contributed by atoms with Crippen molar-refractivity contribution >= 4 is 15.9 Å². The molecule has 0 heterocycles. The number of rotatable bonds is 7. The van der Waals surface area contributed by atoms with Crippen molar-refractivity contribution in [2.75, 3.05) is 26.7 Å². The first-order valence-corrected chi connectivity index (χ1v) is 6.72. The Morgan fingerprint density at radius 1 is 1.35 bits per heavy atom. The van der Waals surface area contributed by atoms with Crippen LogP contribution in [0.5, 0.6) is 0 Å². The molecule has 1 aromatic carbocycles. The van der Waals surface area contributed by atoms with Crippen molar-refractivity contribution in [1.82, 2.24) is 4.90 Å². The lowest BCUT2D eigenvalue weighted by Gasteiger charge is -2.20. The van der Waals surface area contributed by atoms with Gasteiger partial charge in [-0.05, 0) is 44.1 Å². The van der Waals surface area contributed by atoms with E-state index >= 15 is 0 Å². The zero-order valence-corrected chi connectivity index (χ0v) is 11.9. The predicted octanol–water partition coefficient (Wildman–Crippen LogP) is 1.63. The van der Waals surface area contributed by atoms with Gasteiger partial charge in [-0.3, -0.25) is 0 Å². The minimum atomic E-state index is -0.310. The van der Waals surface area contributed by atoms with Gasteiger partial charge in [0.05, 0.1) is 6.10 Å². The zero-order chi connectivity index (χ0) is 12.7. The molecule has 96 valence electrons. The van der Waals surface area contributed by atoms with E-state index in [1.165, 1.54) is 5.56 Å². The molecule has 0 bridgehead atoms. The van der Waals surface area contributed by atoms with Gasteiger partial charge in [0.2, 0.25) is 0 Å². The maximum absolute atomic E-state index is 9.63. The van der Waals surface area contributed by atoms with Crippen LogP contribution in [-0.2, 0) is 6.42 Å². The molecule has 0 fully saturated rings. The molecule has 0 aromatic heterocycles. The van der Waals surface area contributed by atoms with Crippen molar-refractivity contribution in [3.63, 3.8) is 0 Å². The number of hydrogen-bond donors (Lipinski definition) is 2. The van der Waals surface area contributed by atoms with Gasteiger partial charge in [-0.1, -0.05) is 28.1 Å². The van der Waals surface area contributed by atoms with Gasteiger partial charge in [-0.25, -0.2) is 0 Å². The Hall–Kier alpha value is -0.420. The molecule has 1 unspecified atom stereocenters. The Morgan fingerprint density at radius 2 is 2.00 bits per heavy atom. The Bertz CT molecular complexity index is 316. The number of benzene rings is 1. The van der Waals surface area contributed by atoms with Gasteiger partial charge in [-0.15, -0.1) is 0 Å². The van der Waals surface area contributed by atoms with Crippen LogP contribution in [0, 0.1) is 0 Å². The molecular formula is C13H21BrN2O. The van der Waals surface area contributed by atoms with Crippen LogP contribution < -0.4 is 5.73 Å². The Balaban J connectivity index is 2.27. The Kier molecular flexibility index (Phi) is 6.73. The standard InChI is InChI=1S/C13H21BrN2O/c1-16(10-13(17)6-8-15)9-7-11-2-4-12(14)5-3-11/h2-5,13,17H,6-10,15H2,1H3. The molecule has 3 nitrogen and oxygen atoms in total. The van der Waals surface area contributed by atoms with E-state index in [1.807, 2.05) is 7.05 Å². The second-order valence-electron chi connectivity index (χ2n) is 4.37. The smallest absolute Gasteiger partial charge is 0.0679 e. The average molecular weight is 301 g/mol. The zero-order valence-electron chi connectivity index (χ0n) is 10.3. The molecule has 1 atom stereocenters. The second kappa shape index (κ2) is 7.82. The van der Waals surface area contributed by atoms with Gasteiger partial charge in [0.1, 0.15) is 0 Å². The minimum Gasteiger partial charge on any atom is -0.392 e. The maximum Gasteiger partial charge on any atom is 0.0679 e. The molecule has 3 N–H and O–H groups in total. The van der Waals surface area contributed by atoms with Crippen molar-refractivity contribution in [2.24, 2.45) is 5.73 Å². The fourth-order valence-electron chi connectivity index (χ4n) is 1.71. The summed E-state index contributed by atoms with van der Waals surface area (Å²) in [6.07, 6.45) is 1.36. The number of likely N-dealkylation sites (N-methyl/N-ethyl adjacent to an activating group) is 1. The Morgan fingerprint density at radius 3 is 2.59 bits per heavy atom. The van der Waals surface area contributed by atoms with E-state index < -0.39 is 0 Å². The highest BCUT2D eigenvalue weighted by Gasteiger charge is 2.07. The van der Waals surface area contributed by atoms with Crippen LogP contribution in [0.2, 0.25) is 0 Å². The summed E-state index contributed by atoms with van der Waals surface area (Å²) in [6.45, 7) is 2.18. The first kappa shape index (κ1) is 14.6. The van der Waals surface area contributed by atoms with E-state index in [-0.39, 0.29) is 6.10 Å². The van der Waals surface area contributed by atoms with E-state index in [4.69, 9.17) is 5.73 Å². The van der Waals surface area contributed by atoms with Crippen molar-refractivity contribution in [3.05, 3.63) is 34.3 Å². The molecule has 0 saturated heterocycles. The lowest BCUT2D eigenvalue weighted by molar-refractivity contribution is 0.120. The van der Waals surface area contributed by atoms with Crippen molar-refractivity contribution in [1.29, 1.82) is 0 Å². The summed E-state index contributed by atoms with van der Waals surface area (Å²) < 4.78 is 1.10. The van der Waals surface area contributed by atoms with E-state index in [1.54, 1.807) is 0 Å². The van der Waals surface area contributed by atoms with Crippen LogP contribution in [0.4, 0.5) is 0 Å². The molecular weight excluding hydrogens is 280 g/mol. The normalized spacial score (nSPS) is 13.0. The molecule has 0 aliphatic rings. The molecule has 4 heteroatoms. The van der Waals surface area contributed by atoms with E-state index in [9.17, 15) is 5.11 Å². The van der Waals surface area contributed by atoms with Gasteiger partial charge in [-0.2, -0.15) is 0 Å². The highest BCUT2D eigenvalue weighted by Crippen LogP contribution is 2.11. The molecule has 1 aromatic rings. The quantitative estimate of drug-likeness (QED) is 0.805. The Labute approximate surface area is 112 Å². The maximum atomic E-state index is 9.63. The lowest BCUT2D eigenvalue weighted by atomic mass is 10.1. The molecule has 0 spiro atoms. The molecule has 0 radical (unpaired) electrons. The van der Waals surface area contributed by atoms with Gasteiger partial charge in [0.15, 0.2) is 0 Å². The second-order valence-corrected chi connectivity index (χ2v) is 5.29. The third-order valence-corrected chi connectivity index (χ3v) is 3.25. The largest absolute Gasteiger partial charge is 0.392 e. The van der Waals surface area contributed by atoms with Crippen LogP contribution in [0.25, 0.3) is 0 Å². The summed E-state index contributed by atoms with van der Waals surface area (Å²) in [5.41, 5.74) is 6.71. The SMILES string of the molecule is CN(CCc1ccc(Br)cc1)CC(O)CCN. The van der Waals surface area contributed by atoms with Crippen LogP contribution in [0.15, 0.2) is 28.7 Å². The van der Waals surface area contributed by atoms with Crippen molar-refractivity contribution in [3.8, 4) is 0 Å². The first-order valence-electron chi connectivity index (χ1n) is 5.93. The molecule has 0 aliphatic heterocycles. The topological polar surface area (TPSA) is 49.5 Å². The molecule has 17 heavy (non-hydrogen) atoms. The van der Waals surface area contributed by atoms with Crippen LogP contribution >= 0.6 is 15.9 Å². The fourth-order valence-corrected chi connectivity index (χ4v) is 1.97. The number of aliphatic hydroxyl groups is 1. The summed E-state index contributed by atoms with van der Waals surface area (Å²) >= 11 is 3.42. The third kappa shape index (κ3) is 6.17. The van der Waals surface area contributed by atoms with E-state index in [0.717, 1.165) is 17.4 Å². The highest BCUT2D eigenvalue weighted by atomic mass is 79.9. The highest BCUT2D eigenvalue weighted by molar-refractivity contribution is 9.10. The van der Waals surface area contributed by atoms with Crippen LogP contribution in [0.3, 0.4) is 0 Å². The van der Waals surface area contributed by atoms with Crippen molar-refractivity contribution < 1.29 is 5.11 Å². The van der Waals surface area contributed by atoms with E-state index in [0.29, 0.717) is 19.5 Å². The third-order valence-electron chi connectivity index (χ3n) is 2.72. The fraction of sp³-hybridized carbons (Fsp3) is 0.538. The summed E-state index contributed by atoms with van der Waals surface area (Å²) in [5.74, 6) is 0. The molecule has 0 aliphatic carbocycles. The summed E-state index contributed by atoms with van der Waals surface area (Å²) in [7, 11) is 2.03. The number of nitrogens with two attached hydrogens (primary N) is 1. The predicted molar refractivity (Wildman–Crippen MR) is 75.0 cm³/mol. The van der Waals surface area contributed by atoms with Gasteiger partial charge in [0.25, 0.3) is 0 Å². The monoisotopic (exact) mass is 300 g/mol. The van der Waals surface area contributed by atoms with Gasteiger partial charge < -0.3 is 15.7 Å². The first-order chi connectivity index (χ1) is 8.11.